The van der Waals surface area contributed by atoms with Crippen LogP contribution < -0.4 is 4.90 Å². The van der Waals surface area contributed by atoms with Crippen LogP contribution in [0.1, 0.15) is 12.0 Å². The monoisotopic (exact) mass is 275 g/mol. The summed E-state index contributed by atoms with van der Waals surface area (Å²) in [6, 6.07) is 6.33. The molecule has 0 atom stereocenters. The van der Waals surface area contributed by atoms with Crippen LogP contribution >= 0.6 is 27.5 Å². The molecule has 0 amide bonds. The van der Waals surface area contributed by atoms with Gasteiger partial charge in [-0.1, -0.05) is 22.0 Å². The van der Waals surface area contributed by atoms with E-state index in [1.807, 2.05) is 0 Å². The predicted octanol–water partition coefficient (Wildman–Crippen LogP) is 3.82. The zero-order valence-electron chi connectivity index (χ0n) is 8.56. The van der Waals surface area contributed by atoms with Crippen molar-refractivity contribution in [3.63, 3.8) is 0 Å². The Bertz CT molecular complexity index is 301. The van der Waals surface area contributed by atoms with Crippen LogP contribution in [0.2, 0.25) is 0 Å². The average Bonchev–Trinajstić information content (AvgIpc) is 2.18. The summed E-state index contributed by atoms with van der Waals surface area (Å²) in [4.78, 5) is 2.24. The van der Waals surface area contributed by atoms with Gasteiger partial charge >= 0.3 is 0 Å². The highest BCUT2D eigenvalue weighted by Crippen LogP contribution is 2.23. The van der Waals surface area contributed by atoms with Crippen molar-refractivity contribution in [1.82, 2.24) is 0 Å². The van der Waals surface area contributed by atoms with Gasteiger partial charge in [0.25, 0.3) is 0 Å². The van der Waals surface area contributed by atoms with Gasteiger partial charge in [-0.25, -0.2) is 0 Å². The molecule has 0 aliphatic carbocycles. The summed E-state index contributed by atoms with van der Waals surface area (Å²) in [6.45, 7) is 3.12. The van der Waals surface area contributed by atoms with Crippen molar-refractivity contribution >= 4 is 33.2 Å². The van der Waals surface area contributed by atoms with Crippen molar-refractivity contribution in [2.24, 2.45) is 0 Å². The lowest BCUT2D eigenvalue weighted by Crippen LogP contribution is -2.19. The van der Waals surface area contributed by atoms with E-state index in [0.717, 1.165) is 23.3 Å². The molecule has 0 saturated carbocycles. The maximum Gasteiger partial charge on any atom is 0.0404 e. The van der Waals surface area contributed by atoms with E-state index in [1.165, 1.54) is 11.3 Å². The van der Waals surface area contributed by atoms with E-state index in [4.69, 9.17) is 11.6 Å². The van der Waals surface area contributed by atoms with Crippen molar-refractivity contribution in [2.45, 2.75) is 13.3 Å². The Morgan fingerprint density at radius 1 is 1.43 bits per heavy atom. The first-order chi connectivity index (χ1) is 6.65. The van der Waals surface area contributed by atoms with Crippen molar-refractivity contribution < 1.29 is 0 Å². The quantitative estimate of drug-likeness (QED) is 0.756. The molecule has 0 bridgehead atoms. The van der Waals surface area contributed by atoms with Gasteiger partial charge in [0.05, 0.1) is 0 Å². The first-order valence-corrected chi connectivity index (χ1v) is 6.01. The molecule has 78 valence electrons. The van der Waals surface area contributed by atoms with Crippen LogP contribution in [0.4, 0.5) is 5.69 Å². The molecule has 1 rings (SSSR count). The van der Waals surface area contributed by atoms with E-state index >= 15 is 0 Å². The highest BCUT2D eigenvalue weighted by molar-refractivity contribution is 9.10. The molecule has 1 aromatic rings. The minimum Gasteiger partial charge on any atom is -0.374 e. The summed E-state index contributed by atoms with van der Waals surface area (Å²) in [6.07, 6.45) is 1.02. The zero-order valence-corrected chi connectivity index (χ0v) is 10.9. The molecule has 0 N–H and O–H groups in total. The SMILES string of the molecule is Cc1ccc(Br)cc1N(C)CCCCl. The number of halogens is 2. The lowest BCUT2D eigenvalue weighted by atomic mass is 10.2. The maximum absolute atomic E-state index is 5.67. The standard InChI is InChI=1S/C11H15BrClN/c1-9-4-5-10(12)8-11(9)14(2)7-3-6-13/h4-5,8H,3,6-7H2,1-2H3. The molecule has 0 aliphatic rings. The van der Waals surface area contributed by atoms with Crippen LogP contribution in [-0.4, -0.2) is 19.5 Å². The normalized spacial score (nSPS) is 10.3. The Hall–Kier alpha value is -0.210. The minimum atomic E-state index is 0.720. The molecule has 0 spiro atoms. The van der Waals surface area contributed by atoms with Crippen molar-refractivity contribution in [3.05, 3.63) is 28.2 Å². The Labute approximate surface area is 99.2 Å². The van der Waals surface area contributed by atoms with Gasteiger partial charge in [-0.05, 0) is 31.0 Å². The maximum atomic E-state index is 5.67. The van der Waals surface area contributed by atoms with E-state index in [-0.39, 0.29) is 0 Å². The molecule has 0 fully saturated rings. The fraction of sp³-hybridized carbons (Fsp3) is 0.455. The third-order valence-corrected chi connectivity index (χ3v) is 2.97. The summed E-state index contributed by atoms with van der Waals surface area (Å²) in [5.74, 6) is 0.720. The highest BCUT2D eigenvalue weighted by atomic mass is 79.9. The lowest BCUT2D eigenvalue weighted by Gasteiger charge is -2.21. The van der Waals surface area contributed by atoms with Crippen LogP contribution in [0.25, 0.3) is 0 Å². The first-order valence-electron chi connectivity index (χ1n) is 4.68. The molecular formula is C11H15BrClN. The van der Waals surface area contributed by atoms with Gasteiger partial charge in [0.1, 0.15) is 0 Å². The summed E-state index contributed by atoms with van der Waals surface area (Å²) in [5, 5.41) is 0. The second-order valence-electron chi connectivity index (χ2n) is 3.39. The second kappa shape index (κ2) is 5.62. The molecule has 0 saturated heterocycles. The van der Waals surface area contributed by atoms with Gasteiger partial charge in [0.2, 0.25) is 0 Å². The molecule has 0 radical (unpaired) electrons. The first kappa shape index (κ1) is 11.9. The van der Waals surface area contributed by atoms with E-state index in [0.29, 0.717) is 0 Å². The van der Waals surface area contributed by atoms with Gasteiger partial charge in [-0.15, -0.1) is 11.6 Å². The average molecular weight is 277 g/mol. The molecule has 1 aromatic carbocycles. The highest BCUT2D eigenvalue weighted by Gasteiger charge is 2.04. The van der Waals surface area contributed by atoms with Gasteiger partial charge in [-0.2, -0.15) is 0 Å². The fourth-order valence-electron chi connectivity index (χ4n) is 1.41. The number of alkyl halides is 1. The molecule has 3 heteroatoms. The van der Waals surface area contributed by atoms with Gasteiger partial charge in [0, 0.05) is 29.6 Å². The number of benzene rings is 1. The van der Waals surface area contributed by atoms with Gasteiger partial charge < -0.3 is 4.90 Å². The smallest absolute Gasteiger partial charge is 0.0404 e. The summed E-state index contributed by atoms with van der Waals surface area (Å²) >= 11 is 9.15. The Kier molecular flexibility index (Phi) is 4.76. The van der Waals surface area contributed by atoms with Crippen molar-refractivity contribution in [2.75, 3.05) is 24.4 Å². The van der Waals surface area contributed by atoms with E-state index in [2.05, 4.69) is 53.0 Å². The fourth-order valence-corrected chi connectivity index (χ4v) is 1.88. The van der Waals surface area contributed by atoms with Gasteiger partial charge in [0.15, 0.2) is 0 Å². The number of nitrogens with zero attached hydrogens (tertiary/aromatic N) is 1. The molecular weight excluding hydrogens is 261 g/mol. The van der Waals surface area contributed by atoms with E-state index in [9.17, 15) is 0 Å². The van der Waals surface area contributed by atoms with Crippen LogP contribution in [0.3, 0.4) is 0 Å². The third kappa shape index (κ3) is 3.18. The van der Waals surface area contributed by atoms with Crippen molar-refractivity contribution in [3.8, 4) is 0 Å². The molecule has 0 unspecified atom stereocenters. The van der Waals surface area contributed by atoms with Crippen LogP contribution in [0.5, 0.6) is 0 Å². The largest absolute Gasteiger partial charge is 0.374 e. The second-order valence-corrected chi connectivity index (χ2v) is 4.69. The summed E-state index contributed by atoms with van der Waals surface area (Å²) in [5.41, 5.74) is 2.56. The molecule has 14 heavy (non-hydrogen) atoms. The Morgan fingerprint density at radius 2 is 2.14 bits per heavy atom. The van der Waals surface area contributed by atoms with E-state index < -0.39 is 0 Å². The van der Waals surface area contributed by atoms with E-state index in [1.54, 1.807) is 0 Å². The number of anilines is 1. The third-order valence-electron chi connectivity index (χ3n) is 2.21. The van der Waals surface area contributed by atoms with Crippen LogP contribution in [0.15, 0.2) is 22.7 Å². The number of hydrogen-bond acceptors (Lipinski definition) is 1. The Balaban J connectivity index is 2.77. The molecule has 0 aromatic heterocycles. The minimum absolute atomic E-state index is 0.720. The molecule has 0 heterocycles. The summed E-state index contributed by atoms with van der Waals surface area (Å²) < 4.78 is 1.12. The van der Waals surface area contributed by atoms with Gasteiger partial charge in [-0.3, -0.25) is 0 Å². The molecule has 1 nitrogen and oxygen atoms in total. The summed E-state index contributed by atoms with van der Waals surface area (Å²) in [7, 11) is 2.10. The number of rotatable bonds is 4. The Morgan fingerprint density at radius 3 is 2.79 bits per heavy atom. The molecule has 0 aliphatic heterocycles. The van der Waals surface area contributed by atoms with Crippen molar-refractivity contribution in [1.29, 1.82) is 0 Å². The number of hydrogen-bond donors (Lipinski definition) is 0. The van der Waals surface area contributed by atoms with Crippen LogP contribution in [-0.2, 0) is 0 Å². The van der Waals surface area contributed by atoms with Crippen LogP contribution in [0, 0.1) is 6.92 Å². The zero-order chi connectivity index (χ0) is 10.6. The topological polar surface area (TPSA) is 3.24 Å². The lowest BCUT2D eigenvalue weighted by molar-refractivity contribution is 0.853. The number of aryl methyl sites for hydroxylation is 1. The predicted molar refractivity (Wildman–Crippen MR) is 67.5 cm³/mol.